The summed E-state index contributed by atoms with van der Waals surface area (Å²) >= 11 is 0. The van der Waals surface area contributed by atoms with Crippen molar-refractivity contribution >= 4 is 5.78 Å². The summed E-state index contributed by atoms with van der Waals surface area (Å²) in [6, 6.07) is 0. The molecule has 5 heteroatoms. The van der Waals surface area contributed by atoms with Crippen molar-refractivity contribution in [3.63, 3.8) is 0 Å². The van der Waals surface area contributed by atoms with Crippen molar-refractivity contribution in [2.45, 2.75) is 13.1 Å². The standard InChI is InChI=1S/C7H8N4O/c1-2-7(12)5-11-4-6(3-8)9-10-11/h1,4H,3,5,8H2. The SMILES string of the molecule is C#CC(=O)Cn1cc(CN)nn1. The van der Waals surface area contributed by atoms with Gasteiger partial charge in [-0.25, -0.2) is 4.68 Å². The molecular weight excluding hydrogens is 156 g/mol. The second kappa shape index (κ2) is 3.64. The minimum Gasteiger partial charge on any atom is -0.325 e. The highest BCUT2D eigenvalue weighted by Crippen LogP contribution is 1.90. The number of nitrogens with two attached hydrogens (primary N) is 1. The summed E-state index contributed by atoms with van der Waals surface area (Å²) < 4.78 is 1.37. The van der Waals surface area contributed by atoms with Crippen LogP contribution in [0.3, 0.4) is 0 Å². The van der Waals surface area contributed by atoms with Crippen molar-refractivity contribution in [3.05, 3.63) is 11.9 Å². The van der Waals surface area contributed by atoms with Crippen molar-refractivity contribution in [3.8, 4) is 12.3 Å². The van der Waals surface area contributed by atoms with E-state index in [-0.39, 0.29) is 12.3 Å². The zero-order chi connectivity index (χ0) is 8.97. The molecule has 0 aliphatic carbocycles. The Balaban J connectivity index is 2.65. The number of ketones is 1. The van der Waals surface area contributed by atoms with E-state index < -0.39 is 0 Å². The highest BCUT2D eigenvalue weighted by atomic mass is 16.1. The van der Waals surface area contributed by atoms with Crippen LogP contribution >= 0.6 is 0 Å². The van der Waals surface area contributed by atoms with Crippen molar-refractivity contribution in [2.24, 2.45) is 5.73 Å². The number of hydrogen-bond donors (Lipinski definition) is 1. The third kappa shape index (κ3) is 1.90. The van der Waals surface area contributed by atoms with Crippen LogP contribution in [0.2, 0.25) is 0 Å². The van der Waals surface area contributed by atoms with Crippen LogP contribution in [-0.4, -0.2) is 20.8 Å². The van der Waals surface area contributed by atoms with Crippen LogP contribution in [0, 0.1) is 12.3 Å². The summed E-state index contributed by atoms with van der Waals surface area (Å²) in [6.45, 7) is 0.369. The van der Waals surface area contributed by atoms with Gasteiger partial charge in [-0.15, -0.1) is 11.5 Å². The van der Waals surface area contributed by atoms with E-state index in [1.807, 2.05) is 5.92 Å². The molecule has 1 heterocycles. The third-order valence-electron chi connectivity index (χ3n) is 1.26. The van der Waals surface area contributed by atoms with Crippen molar-refractivity contribution in [1.29, 1.82) is 0 Å². The zero-order valence-electron chi connectivity index (χ0n) is 6.40. The maximum absolute atomic E-state index is 10.7. The highest BCUT2D eigenvalue weighted by molar-refractivity contribution is 5.94. The summed E-state index contributed by atoms with van der Waals surface area (Å²) in [5.74, 6) is 1.65. The molecule has 1 aromatic heterocycles. The van der Waals surface area contributed by atoms with Crippen LogP contribution in [0.1, 0.15) is 5.69 Å². The summed E-state index contributed by atoms with van der Waals surface area (Å²) in [5, 5.41) is 7.33. The molecule has 0 radical (unpaired) electrons. The first-order valence-electron chi connectivity index (χ1n) is 3.34. The molecule has 0 bridgehead atoms. The Morgan fingerprint density at radius 2 is 2.58 bits per heavy atom. The summed E-state index contributed by atoms with van der Waals surface area (Å²) in [6.07, 6.45) is 6.47. The molecule has 0 aromatic carbocycles. The number of hydrogen-bond acceptors (Lipinski definition) is 4. The van der Waals surface area contributed by atoms with Gasteiger partial charge in [0.25, 0.3) is 0 Å². The van der Waals surface area contributed by atoms with E-state index >= 15 is 0 Å². The summed E-state index contributed by atoms with van der Waals surface area (Å²) in [5.41, 5.74) is 5.92. The quantitative estimate of drug-likeness (QED) is 0.456. The average Bonchev–Trinajstić information content (AvgIpc) is 2.52. The number of terminal acetylenes is 1. The number of rotatable bonds is 3. The Labute approximate surface area is 69.6 Å². The molecule has 0 spiro atoms. The number of nitrogens with zero attached hydrogens (tertiary/aromatic N) is 3. The van der Waals surface area contributed by atoms with Crippen molar-refractivity contribution in [1.82, 2.24) is 15.0 Å². The molecule has 0 unspecified atom stereocenters. The molecule has 1 rings (SSSR count). The van der Waals surface area contributed by atoms with Gasteiger partial charge in [0, 0.05) is 6.54 Å². The summed E-state index contributed by atoms with van der Waals surface area (Å²) in [7, 11) is 0. The monoisotopic (exact) mass is 164 g/mol. The number of carbonyl (C=O) groups excluding carboxylic acids is 1. The predicted molar refractivity (Wildman–Crippen MR) is 41.8 cm³/mol. The minimum atomic E-state index is -0.330. The molecule has 0 amide bonds. The lowest BCUT2D eigenvalue weighted by Crippen LogP contribution is -2.08. The molecule has 12 heavy (non-hydrogen) atoms. The van der Waals surface area contributed by atoms with E-state index in [1.54, 1.807) is 6.20 Å². The fraction of sp³-hybridized carbons (Fsp3) is 0.286. The fourth-order valence-electron chi connectivity index (χ4n) is 0.702. The molecule has 62 valence electrons. The number of carbonyl (C=O) groups is 1. The molecule has 0 saturated carbocycles. The van der Waals surface area contributed by atoms with E-state index in [1.165, 1.54) is 4.68 Å². The number of aromatic nitrogens is 3. The van der Waals surface area contributed by atoms with Gasteiger partial charge in [-0.05, 0) is 5.92 Å². The lowest BCUT2D eigenvalue weighted by Gasteiger charge is -1.91. The molecule has 2 N–H and O–H groups in total. The Morgan fingerprint density at radius 1 is 1.83 bits per heavy atom. The fourth-order valence-corrected chi connectivity index (χ4v) is 0.702. The molecule has 0 fully saturated rings. The van der Waals surface area contributed by atoms with E-state index in [0.29, 0.717) is 12.2 Å². The molecule has 1 aromatic rings. The first kappa shape index (κ1) is 8.43. The third-order valence-corrected chi connectivity index (χ3v) is 1.26. The van der Waals surface area contributed by atoms with Crippen molar-refractivity contribution in [2.75, 3.05) is 0 Å². The van der Waals surface area contributed by atoms with E-state index in [2.05, 4.69) is 10.3 Å². The zero-order valence-corrected chi connectivity index (χ0v) is 6.40. The van der Waals surface area contributed by atoms with E-state index in [9.17, 15) is 4.79 Å². The molecule has 0 aliphatic rings. The normalized spacial score (nSPS) is 9.33. The Kier molecular flexibility index (Phi) is 2.56. The smallest absolute Gasteiger partial charge is 0.226 e. The van der Waals surface area contributed by atoms with Gasteiger partial charge in [0.1, 0.15) is 6.54 Å². The second-order valence-corrected chi connectivity index (χ2v) is 2.18. The molecule has 0 aliphatic heterocycles. The first-order valence-corrected chi connectivity index (χ1v) is 3.34. The Morgan fingerprint density at radius 3 is 3.08 bits per heavy atom. The van der Waals surface area contributed by atoms with Crippen LogP contribution in [-0.2, 0) is 17.9 Å². The maximum Gasteiger partial charge on any atom is 0.226 e. The second-order valence-electron chi connectivity index (χ2n) is 2.18. The van der Waals surface area contributed by atoms with Crippen molar-refractivity contribution < 1.29 is 4.79 Å². The molecule has 0 atom stereocenters. The molecular formula is C7H8N4O. The maximum atomic E-state index is 10.7. The lowest BCUT2D eigenvalue weighted by atomic mass is 10.4. The van der Waals surface area contributed by atoms with Gasteiger partial charge in [-0.3, -0.25) is 4.79 Å². The van der Waals surface area contributed by atoms with E-state index in [4.69, 9.17) is 12.2 Å². The van der Waals surface area contributed by atoms with Gasteiger partial charge >= 0.3 is 0 Å². The van der Waals surface area contributed by atoms with Gasteiger partial charge in [0.2, 0.25) is 5.78 Å². The molecule has 5 nitrogen and oxygen atoms in total. The summed E-state index contributed by atoms with van der Waals surface area (Å²) in [4.78, 5) is 10.7. The Bertz CT molecular complexity index is 322. The lowest BCUT2D eigenvalue weighted by molar-refractivity contribution is -0.114. The van der Waals surface area contributed by atoms with Gasteiger partial charge in [-0.1, -0.05) is 5.21 Å². The predicted octanol–water partition coefficient (Wildman–Crippen LogP) is -1.06. The number of Topliss-reactive ketones (excluding diaryl/α,β-unsaturated/α-hetero) is 1. The largest absolute Gasteiger partial charge is 0.325 e. The minimum absolute atomic E-state index is 0.0590. The topological polar surface area (TPSA) is 73.8 Å². The van der Waals surface area contributed by atoms with Crippen LogP contribution in [0.4, 0.5) is 0 Å². The Hall–Kier alpha value is -1.67. The van der Waals surface area contributed by atoms with Crippen LogP contribution in [0.15, 0.2) is 6.20 Å². The van der Waals surface area contributed by atoms with Gasteiger partial charge in [-0.2, -0.15) is 0 Å². The van der Waals surface area contributed by atoms with Crippen LogP contribution < -0.4 is 5.73 Å². The van der Waals surface area contributed by atoms with Gasteiger partial charge in [0.15, 0.2) is 0 Å². The van der Waals surface area contributed by atoms with Crippen LogP contribution in [0.25, 0.3) is 0 Å². The average molecular weight is 164 g/mol. The van der Waals surface area contributed by atoms with Crippen LogP contribution in [0.5, 0.6) is 0 Å². The van der Waals surface area contributed by atoms with E-state index in [0.717, 1.165) is 0 Å². The molecule has 0 saturated heterocycles. The van der Waals surface area contributed by atoms with Gasteiger partial charge < -0.3 is 5.73 Å². The first-order chi connectivity index (χ1) is 5.76. The van der Waals surface area contributed by atoms with Gasteiger partial charge in [0.05, 0.1) is 11.9 Å². The highest BCUT2D eigenvalue weighted by Gasteiger charge is 2.01.